The monoisotopic (exact) mass is 460 g/mol. The summed E-state index contributed by atoms with van der Waals surface area (Å²) in [5.41, 5.74) is 1.11. The third kappa shape index (κ3) is 4.94. The van der Waals surface area contributed by atoms with Gasteiger partial charge in [0.05, 0.1) is 5.75 Å². The van der Waals surface area contributed by atoms with Crippen molar-refractivity contribution in [1.29, 1.82) is 0 Å². The highest BCUT2D eigenvalue weighted by Gasteiger charge is 2.29. The largest absolute Gasteiger partial charge is 0.437 e. The van der Waals surface area contributed by atoms with Crippen molar-refractivity contribution in [1.82, 2.24) is 19.0 Å². The van der Waals surface area contributed by atoms with Crippen molar-refractivity contribution in [2.45, 2.75) is 12.3 Å². The van der Waals surface area contributed by atoms with E-state index in [2.05, 4.69) is 5.10 Å². The Hall–Kier alpha value is -3.31. The zero-order chi connectivity index (χ0) is 22.7. The normalized spacial score (nSPS) is 15.1. The molecule has 3 aromatic rings. The van der Waals surface area contributed by atoms with Gasteiger partial charge in [-0.3, -0.25) is 4.79 Å². The Morgan fingerprint density at radius 2 is 1.66 bits per heavy atom. The average molecular weight is 460 g/mol. The van der Waals surface area contributed by atoms with Gasteiger partial charge < -0.3 is 9.32 Å². The van der Waals surface area contributed by atoms with E-state index in [4.69, 9.17) is 4.42 Å². The van der Waals surface area contributed by atoms with E-state index in [1.54, 1.807) is 24.3 Å². The fourth-order valence-electron chi connectivity index (χ4n) is 3.44. The first kappa shape index (κ1) is 21.9. The second kappa shape index (κ2) is 9.05. The lowest BCUT2D eigenvalue weighted by atomic mass is 10.2. The van der Waals surface area contributed by atoms with Crippen molar-refractivity contribution >= 4 is 15.9 Å². The van der Waals surface area contributed by atoms with E-state index in [0.29, 0.717) is 11.1 Å². The van der Waals surface area contributed by atoms with Crippen molar-refractivity contribution in [3.63, 3.8) is 0 Å². The van der Waals surface area contributed by atoms with Crippen molar-refractivity contribution < 1.29 is 22.0 Å². The number of carbonyl (C=O) groups excluding carboxylic acids is 1. The average Bonchev–Trinajstić information content (AvgIpc) is 3.15. The van der Waals surface area contributed by atoms with Crippen LogP contribution in [0, 0.1) is 5.82 Å². The van der Waals surface area contributed by atoms with Gasteiger partial charge in [0, 0.05) is 31.7 Å². The molecule has 32 heavy (non-hydrogen) atoms. The van der Waals surface area contributed by atoms with Gasteiger partial charge in [-0.15, -0.1) is 5.10 Å². The summed E-state index contributed by atoms with van der Waals surface area (Å²) >= 11 is 0. The molecule has 0 N–H and O–H groups in total. The van der Waals surface area contributed by atoms with Crippen molar-refractivity contribution in [2.75, 3.05) is 26.2 Å². The number of hydrogen-bond acceptors (Lipinski definition) is 6. The Bertz CT molecular complexity index is 1250. The topological polar surface area (TPSA) is 106 Å². The minimum absolute atomic E-state index is 0.0142. The molecule has 1 amide bonds. The molecule has 0 atom stereocenters. The summed E-state index contributed by atoms with van der Waals surface area (Å²) in [6.07, 6.45) is 0. The molecule has 0 bridgehead atoms. The number of aromatic nitrogens is 2. The number of amides is 1. The molecule has 0 saturated carbocycles. The molecule has 2 aromatic carbocycles. The molecular formula is C21H21FN4O5S. The smallest absolute Gasteiger partial charge is 0.388 e. The molecule has 0 radical (unpaired) electrons. The highest BCUT2D eigenvalue weighted by molar-refractivity contribution is 7.88. The Morgan fingerprint density at radius 1 is 1.00 bits per heavy atom. The minimum Gasteiger partial charge on any atom is -0.388 e. The first-order valence-corrected chi connectivity index (χ1v) is 11.6. The Balaban J connectivity index is 1.36. The number of hydrogen-bond donors (Lipinski definition) is 0. The molecule has 9 nitrogen and oxygen atoms in total. The number of carbonyl (C=O) groups is 1. The minimum atomic E-state index is -3.50. The second-order valence-electron chi connectivity index (χ2n) is 7.36. The highest BCUT2D eigenvalue weighted by atomic mass is 32.2. The van der Waals surface area contributed by atoms with Crippen LogP contribution in [0.4, 0.5) is 4.39 Å². The number of halogens is 1. The fraction of sp³-hybridized carbons (Fsp3) is 0.286. The van der Waals surface area contributed by atoms with Gasteiger partial charge in [0.1, 0.15) is 12.4 Å². The molecule has 1 aliphatic rings. The van der Waals surface area contributed by atoms with Crippen molar-refractivity contribution in [2.24, 2.45) is 0 Å². The SMILES string of the molecule is O=C(Cn1nc(-c2ccc(F)cc2)oc1=O)N1CCN(S(=O)(=O)Cc2ccccc2)CC1. The Kier molecular flexibility index (Phi) is 6.19. The first-order valence-electron chi connectivity index (χ1n) is 9.95. The Morgan fingerprint density at radius 3 is 2.31 bits per heavy atom. The predicted octanol–water partition coefficient (Wildman–Crippen LogP) is 1.32. The van der Waals surface area contributed by atoms with Crippen LogP contribution in [0.25, 0.3) is 11.5 Å². The number of piperazine rings is 1. The van der Waals surface area contributed by atoms with E-state index in [1.165, 1.54) is 33.5 Å². The third-order valence-corrected chi connectivity index (χ3v) is 7.01. The van der Waals surface area contributed by atoms with Crippen LogP contribution in [0.3, 0.4) is 0 Å². The molecule has 0 aliphatic carbocycles. The van der Waals surface area contributed by atoms with Gasteiger partial charge in [-0.1, -0.05) is 30.3 Å². The summed E-state index contributed by atoms with van der Waals surface area (Å²) in [5, 5.41) is 4.01. The number of benzene rings is 2. The van der Waals surface area contributed by atoms with Gasteiger partial charge >= 0.3 is 5.76 Å². The van der Waals surface area contributed by atoms with Gasteiger partial charge in [0.25, 0.3) is 0 Å². The Labute approximate surface area is 183 Å². The van der Waals surface area contributed by atoms with E-state index in [-0.39, 0.29) is 50.3 Å². The molecule has 0 spiro atoms. The van der Waals surface area contributed by atoms with Crippen LogP contribution in [-0.2, 0) is 27.1 Å². The molecule has 11 heteroatoms. The van der Waals surface area contributed by atoms with Crippen LogP contribution in [0.1, 0.15) is 5.56 Å². The van der Waals surface area contributed by atoms with Crippen LogP contribution in [0.2, 0.25) is 0 Å². The molecule has 1 aromatic heterocycles. The zero-order valence-electron chi connectivity index (χ0n) is 17.1. The van der Waals surface area contributed by atoms with Gasteiger partial charge in [0.15, 0.2) is 0 Å². The quantitative estimate of drug-likeness (QED) is 0.549. The van der Waals surface area contributed by atoms with Gasteiger partial charge in [-0.05, 0) is 29.8 Å². The number of nitrogens with zero attached hydrogens (tertiary/aromatic N) is 4. The van der Waals surface area contributed by atoms with Crippen molar-refractivity contribution in [3.05, 3.63) is 76.5 Å². The molecule has 1 saturated heterocycles. The summed E-state index contributed by atoms with van der Waals surface area (Å²) in [5.74, 6) is -1.72. The van der Waals surface area contributed by atoms with Gasteiger partial charge in [-0.2, -0.15) is 8.99 Å². The summed E-state index contributed by atoms with van der Waals surface area (Å²) in [7, 11) is -3.50. The van der Waals surface area contributed by atoms with Gasteiger partial charge in [0.2, 0.25) is 21.8 Å². The maximum Gasteiger partial charge on any atom is 0.437 e. The van der Waals surface area contributed by atoms with Crippen LogP contribution >= 0.6 is 0 Å². The van der Waals surface area contributed by atoms with E-state index >= 15 is 0 Å². The molecule has 168 valence electrons. The number of sulfonamides is 1. The standard InChI is InChI=1S/C21H21FN4O5S/c22-18-8-6-17(7-9-18)20-23-26(21(28)31-20)14-19(27)24-10-12-25(13-11-24)32(29,30)15-16-4-2-1-3-5-16/h1-9H,10-15H2. The van der Waals surface area contributed by atoms with Gasteiger partial charge in [-0.25, -0.2) is 17.6 Å². The van der Waals surface area contributed by atoms with Crippen LogP contribution in [0.15, 0.2) is 63.8 Å². The lowest BCUT2D eigenvalue weighted by molar-refractivity contribution is -0.133. The highest BCUT2D eigenvalue weighted by Crippen LogP contribution is 2.16. The predicted molar refractivity (Wildman–Crippen MR) is 113 cm³/mol. The summed E-state index contributed by atoms with van der Waals surface area (Å²) in [4.78, 5) is 26.2. The zero-order valence-corrected chi connectivity index (χ0v) is 17.9. The van der Waals surface area contributed by atoms with Crippen LogP contribution in [-0.4, -0.2) is 59.5 Å². The van der Waals surface area contributed by atoms with E-state index in [1.807, 2.05) is 6.07 Å². The van der Waals surface area contributed by atoms with Crippen LogP contribution < -0.4 is 5.76 Å². The lowest BCUT2D eigenvalue weighted by Gasteiger charge is -2.34. The maximum absolute atomic E-state index is 13.1. The van der Waals surface area contributed by atoms with E-state index in [9.17, 15) is 22.4 Å². The second-order valence-corrected chi connectivity index (χ2v) is 9.33. The molecule has 1 aliphatic heterocycles. The molecular weight excluding hydrogens is 439 g/mol. The third-order valence-electron chi connectivity index (χ3n) is 5.16. The maximum atomic E-state index is 13.1. The fourth-order valence-corrected chi connectivity index (χ4v) is 4.95. The molecule has 2 heterocycles. The van der Waals surface area contributed by atoms with E-state index in [0.717, 1.165) is 4.68 Å². The lowest BCUT2D eigenvalue weighted by Crippen LogP contribution is -2.51. The van der Waals surface area contributed by atoms with Crippen LogP contribution in [0.5, 0.6) is 0 Å². The summed E-state index contributed by atoms with van der Waals surface area (Å²) in [6.45, 7) is 0.444. The number of rotatable bonds is 6. The first-order chi connectivity index (χ1) is 15.3. The molecule has 1 fully saturated rings. The van der Waals surface area contributed by atoms with E-state index < -0.39 is 21.6 Å². The van der Waals surface area contributed by atoms with Crippen molar-refractivity contribution in [3.8, 4) is 11.5 Å². The molecule has 4 rings (SSSR count). The molecule has 0 unspecified atom stereocenters. The summed E-state index contributed by atoms with van der Waals surface area (Å²) < 4.78 is 45.7. The summed E-state index contributed by atoms with van der Waals surface area (Å²) in [6, 6.07) is 14.2.